The first-order valence-corrected chi connectivity index (χ1v) is 9.62. The van der Waals surface area contributed by atoms with E-state index in [2.05, 4.69) is 14.9 Å². The molecule has 0 atom stereocenters. The molecular formula is C19H17ClN4OS. The zero-order valence-electron chi connectivity index (χ0n) is 14.0. The van der Waals surface area contributed by atoms with Crippen LogP contribution in [0.15, 0.2) is 54.2 Å². The van der Waals surface area contributed by atoms with Crippen molar-refractivity contribution in [2.75, 3.05) is 31.1 Å². The maximum Gasteiger partial charge on any atom is 0.273 e. The van der Waals surface area contributed by atoms with E-state index in [1.807, 2.05) is 46.7 Å². The summed E-state index contributed by atoms with van der Waals surface area (Å²) >= 11 is 7.51. The fourth-order valence-corrected chi connectivity index (χ4v) is 3.99. The van der Waals surface area contributed by atoms with E-state index >= 15 is 0 Å². The van der Waals surface area contributed by atoms with E-state index in [1.165, 1.54) is 11.3 Å². The van der Waals surface area contributed by atoms with Crippen LogP contribution in [0.2, 0.25) is 5.02 Å². The Balaban J connectivity index is 1.43. The molecule has 3 aromatic rings. The maximum absolute atomic E-state index is 12.8. The summed E-state index contributed by atoms with van der Waals surface area (Å²) in [6, 6.07) is 11.5. The predicted octanol–water partition coefficient (Wildman–Crippen LogP) is 3.82. The van der Waals surface area contributed by atoms with Crippen molar-refractivity contribution in [2.45, 2.75) is 0 Å². The molecule has 2 aromatic heterocycles. The number of carbonyl (C=O) groups excluding carboxylic acids is 1. The fraction of sp³-hybridized carbons (Fsp3) is 0.211. The van der Waals surface area contributed by atoms with Gasteiger partial charge >= 0.3 is 0 Å². The van der Waals surface area contributed by atoms with E-state index < -0.39 is 0 Å². The molecule has 0 unspecified atom stereocenters. The van der Waals surface area contributed by atoms with Gasteiger partial charge in [0.1, 0.15) is 10.7 Å². The molecule has 1 fully saturated rings. The molecule has 7 heteroatoms. The van der Waals surface area contributed by atoms with Crippen LogP contribution in [0.4, 0.5) is 5.69 Å². The number of halogens is 1. The average molecular weight is 385 g/mol. The lowest BCUT2D eigenvalue weighted by Crippen LogP contribution is -2.48. The van der Waals surface area contributed by atoms with Gasteiger partial charge in [-0.05, 0) is 24.3 Å². The summed E-state index contributed by atoms with van der Waals surface area (Å²) in [5.74, 6) is -0.0103. The van der Waals surface area contributed by atoms with Crippen LogP contribution < -0.4 is 4.90 Å². The smallest absolute Gasteiger partial charge is 0.273 e. The van der Waals surface area contributed by atoms with Gasteiger partial charge < -0.3 is 9.80 Å². The summed E-state index contributed by atoms with van der Waals surface area (Å²) < 4.78 is 0. The van der Waals surface area contributed by atoms with Gasteiger partial charge in [0.05, 0.1) is 0 Å². The number of pyridine rings is 1. The second-order valence-corrected chi connectivity index (χ2v) is 7.33. The lowest BCUT2D eigenvalue weighted by Gasteiger charge is -2.35. The Morgan fingerprint density at radius 2 is 1.85 bits per heavy atom. The van der Waals surface area contributed by atoms with Crippen LogP contribution in [0.5, 0.6) is 0 Å². The third-order valence-corrected chi connectivity index (χ3v) is 5.52. The van der Waals surface area contributed by atoms with E-state index in [0.717, 1.165) is 29.3 Å². The highest BCUT2D eigenvalue weighted by molar-refractivity contribution is 7.13. The fourth-order valence-electron chi connectivity index (χ4n) is 3.01. The minimum absolute atomic E-state index is 0.0103. The van der Waals surface area contributed by atoms with Gasteiger partial charge in [0, 0.05) is 60.2 Å². The molecule has 0 saturated carbocycles. The third-order valence-electron chi connectivity index (χ3n) is 4.39. The largest absolute Gasteiger partial charge is 0.368 e. The molecule has 5 nitrogen and oxygen atoms in total. The number of benzene rings is 1. The Hall–Kier alpha value is -2.44. The monoisotopic (exact) mass is 384 g/mol. The lowest BCUT2D eigenvalue weighted by molar-refractivity contribution is 0.0742. The zero-order valence-corrected chi connectivity index (χ0v) is 15.6. The van der Waals surface area contributed by atoms with Gasteiger partial charge in [-0.3, -0.25) is 9.78 Å². The number of aromatic nitrogens is 2. The Kier molecular flexibility index (Phi) is 4.86. The second-order valence-electron chi connectivity index (χ2n) is 6.03. The number of amides is 1. The molecule has 3 heterocycles. The van der Waals surface area contributed by atoms with Gasteiger partial charge in [-0.15, -0.1) is 11.3 Å². The van der Waals surface area contributed by atoms with Gasteiger partial charge in [0.2, 0.25) is 0 Å². The van der Waals surface area contributed by atoms with E-state index in [1.54, 1.807) is 12.4 Å². The molecule has 1 aliphatic rings. The number of nitrogens with zero attached hydrogens (tertiary/aromatic N) is 4. The van der Waals surface area contributed by atoms with Gasteiger partial charge in [-0.1, -0.05) is 23.7 Å². The highest BCUT2D eigenvalue weighted by Gasteiger charge is 2.24. The van der Waals surface area contributed by atoms with Gasteiger partial charge in [0.15, 0.2) is 0 Å². The van der Waals surface area contributed by atoms with Crippen LogP contribution in [0.1, 0.15) is 10.5 Å². The van der Waals surface area contributed by atoms with Crippen molar-refractivity contribution in [3.8, 4) is 10.6 Å². The molecule has 0 bridgehead atoms. The van der Waals surface area contributed by atoms with E-state index in [9.17, 15) is 4.79 Å². The second kappa shape index (κ2) is 7.43. The molecule has 0 aliphatic carbocycles. The molecule has 4 rings (SSSR count). The first-order valence-electron chi connectivity index (χ1n) is 8.36. The number of anilines is 1. The molecule has 1 saturated heterocycles. The van der Waals surface area contributed by atoms with Crippen molar-refractivity contribution in [3.63, 3.8) is 0 Å². The normalized spacial score (nSPS) is 14.5. The van der Waals surface area contributed by atoms with Gasteiger partial charge in [-0.2, -0.15) is 0 Å². The van der Waals surface area contributed by atoms with E-state index in [0.29, 0.717) is 23.8 Å². The Morgan fingerprint density at radius 1 is 1.08 bits per heavy atom. The molecular weight excluding hydrogens is 368 g/mol. The molecule has 26 heavy (non-hydrogen) atoms. The molecule has 0 radical (unpaired) electrons. The highest BCUT2D eigenvalue weighted by Crippen LogP contribution is 2.26. The minimum atomic E-state index is -0.0103. The van der Waals surface area contributed by atoms with Crippen molar-refractivity contribution in [1.82, 2.24) is 14.9 Å². The quantitative estimate of drug-likeness (QED) is 0.688. The standard InChI is InChI=1S/C19H17ClN4OS/c20-15-3-1-2-14(12-15)18-22-17(13-26-18)19(25)24-10-8-23(9-11-24)16-4-6-21-7-5-16/h1-7,12-13H,8-11H2. The van der Waals surface area contributed by atoms with Crippen LogP contribution in [-0.4, -0.2) is 47.0 Å². The highest BCUT2D eigenvalue weighted by atomic mass is 35.5. The topological polar surface area (TPSA) is 49.3 Å². The third kappa shape index (κ3) is 3.57. The first kappa shape index (κ1) is 17.0. The zero-order chi connectivity index (χ0) is 17.9. The van der Waals surface area contributed by atoms with Crippen LogP contribution in [0, 0.1) is 0 Å². The Bertz CT molecular complexity index is 907. The number of hydrogen-bond acceptors (Lipinski definition) is 5. The van der Waals surface area contributed by atoms with Crippen molar-refractivity contribution < 1.29 is 4.79 Å². The summed E-state index contributed by atoms with van der Waals surface area (Å²) in [5.41, 5.74) is 2.58. The van der Waals surface area contributed by atoms with Crippen LogP contribution in [0.25, 0.3) is 10.6 Å². The summed E-state index contributed by atoms with van der Waals surface area (Å²) in [7, 11) is 0. The molecule has 132 valence electrons. The van der Waals surface area contributed by atoms with Crippen molar-refractivity contribution in [2.24, 2.45) is 0 Å². The minimum Gasteiger partial charge on any atom is -0.368 e. The lowest BCUT2D eigenvalue weighted by atomic mass is 10.2. The van der Waals surface area contributed by atoms with Crippen molar-refractivity contribution in [3.05, 3.63) is 64.9 Å². The van der Waals surface area contributed by atoms with Gasteiger partial charge in [0.25, 0.3) is 5.91 Å². The van der Waals surface area contributed by atoms with Crippen LogP contribution in [0.3, 0.4) is 0 Å². The Labute approximate surface area is 160 Å². The van der Waals surface area contributed by atoms with Gasteiger partial charge in [-0.25, -0.2) is 4.98 Å². The van der Waals surface area contributed by atoms with Crippen LogP contribution in [-0.2, 0) is 0 Å². The summed E-state index contributed by atoms with van der Waals surface area (Å²) in [6.07, 6.45) is 3.58. The number of hydrogen-bond donors (Lipinski definition) is 0. The average Bonchev–Trinajstić information content (AvgIpc) is 3.18. The number of rotatable bonds is 3. The first-order chi connectivity index (χ1) is 12.7. The summed E-state index contributed by atoms with van der Waals surface area (Å²) in [4.78, 5) is 25.5. The van der Waals surface area contributed by atoms with E-state index in [-0.39, 0.29) is 5.91 Å². The number of piperazine rings is 1. The molecule has 0 N–H and O–H groups in total. The Morgan fingerprint density at radius 3 is 2.58 bits per heavy atom. The predicted molar refractivity (Wildman–Crippen MR) is 105 cm³/mol. The number of carbonyl (C=O) groups is 1. The SMILES string of the molecule is O=C(c1csc(-c2cccc(Cl)c2)n1)N1CCN(c2ccncc2)CC1. The maximum atomic E-state index is 12.8. The number of thiazole rings is 1. The summed E-state index contributed by atoms with van der Waals surface area (Å²) in [5, 5.41) is 3.30. The molecule has 1 aliphatic heterocycles. The summed E-state index contributed by atoms with van der Waals surface area (Å²) in [6.45, 7) is 2.98. The van der Waals surface area contributed by atoms with Crippen LogP contribution >= 0.6 is 22.9 Å². The molecule has 1 aromatic carbocycles. The molecule has 1 amide bonds. The van der Waals surface area contributed by atoms with Crippen molar-refractivity contribution >= 4 is 34.5 Å². The molecule has 0 spiro atoms. The van der Waals surface area contributed by atoms with E-state index in [4.69, 9.17) is 11.6 Å². The van der Waals surface area contributed by atoms with Crippen molar-refractivity contribution in [1.29, 1.82) is 0 Å².